The molecule has 3 rings (SSSR count). The van der Waals surface area contributed by atoms with Crippen LogP contribution in [0, 0.1) is 18.3 Å². The van der Waals surface area contributed by atoms with E-state index >= 15 is 0 Å². The number of morpholine rings is 1. The van der Waals surface area contributed by atoms with E-state index < -0.39 is 16.1 Å². The molecule has 1 aromatic heterocycles. The SMILES string of the molecule is CCc1c(N2CCOCC2)nc2c(C(C)=CC(C)(C)[S+](N)[O-])cc(C)cc2c1C#N. The first-order valence-corrected chi connectivity index (χ1v) is 11.5. The van der Waals surface area contributed by atoms with Crippen molar-refractivity contribution in [1.82, 2.24) is 4.98 Å². The minimum atomic E-state index is -1.50. The van der Waals surface area contributed by atoms with Gasteiger partial charge >= 0.3 is 0 Å². The molecule has 0 bridgehead atoms. The van der Waals surface area contributed by atoms with E-state index in [2.05, 4.69) is 24.0 Å². The molecule has 1 aliphatic rings. The summed E-state index contributed by atoms with van der Waals surface area (Å²) in [5, 5.41) is 16.6. The van der Waals surface area contributed by atoms with E-state index in [9.17, 15) is 9.81 Å². The second-order valence-corrected chi connectivity index (χ2v) is 9.94. The van der Waals surface area contributed by atoms with E-state index in [1.165, 1.54) is 0 Å². The number of anilines is 1. The molecule has 2 N–H and O–H groups in total. The Labute approximate surface area is 182 Å². The van der Waals surface area contributed by atoms with Gasteiger partial charge in [0.25, 0.3) is 0 Å². The predicted molar refractivity (Wildman–Crippen MR) is 124 cm³/mol. The lowest BCUT2D eigenvalue weighted by Crippen LogP contribution is -2.37. The van der Waals surface area contributed by atoms with Crippen LogP contribution in [-0.2, 0) is 22.5 Å². The summed E-state index contributed by atoms with van der Waals surface area (Å²) in [6, 6.07) is 6.55. The zero-order chi connectivity index (χ0) is 22.1. The smallest absolute Gasteiger partial charge is 0.157 e. The number of nitrogens with zero attached hydrogens (tertiary/aromatic N) is 3. The van der Waals surface area contributed by atoms with Gasteiger partial charge in [-0.3, -0.25) is 0 Å². The van der Waals surface area contributed by atoms with E-state index in [-0.39, 0.29) is 0 Å². The molecule has 1 aromatic carbocycles. The average molecular weight is 427 g/mol. The van der Waals surface area contributed by atoms with Crippen LogP contribution in [0.5, 0.6) is 0 Å². The second kappa shape index (κ2) is 8.94. The molecule has 160 valence electrons. The Morgan fingerprint density at radius 2 is 2.07 bits per heavy atom. The summed E-state index contributed by atoms with van der Waals surface area (Å²) in [6.45, 7) is 12.6. The highest BCUT2D eigenvalue weighted by Crippen LogP contribution is 2.35. The van der Waals surface area contributed by atoms with E-state index in [1.54, 1.807) is 0 Å². The van der Waals surface area contributed by atoms with Gasteiger partial charge in [0.1, 0.15) is 11.9 Å². The summed E-state index contributed by atoms with van der Waals surface area (Å²) in [5.74, 6) is 0.865. The molecule has 30 heavy (non-hydrogen) atoms. The number of nitriles is 1. The van der Waals surface area contributed by atoms with Crippen LogP contribution in [0.25, 0.3) is 16.5 Å². The van der Waals surface area contributed by atoms with E-state index in [4.69, 9.17) is 14.9 Å². The molecule has 0 saturated carbocycles. The van der Waals surface area contributed by atoms with E-state index in [0.717, 1.165) is 58.5 Å². The maximum absolute atomic E-state index is 12.0. The Morgan fingerprint density at radius 3 is 2.63 bits per heavy atom. The molecule has 0 radical (unpaired) electrons. The van der Waals surface area contributed by atoms with Crippen molar-refractivity contribution in [3.8, 4) is 6.07 Å². The normalized spacial score (nSPS) is 16.6. The predicted octanol–water partition coefficient (Wildman–Crippen LogP) is 3.62. The van der Waals surface area contributed by atoms with Crippen LogP contribution >= 0.6 is 0 Å². The molecule has 1 saturated heterocycles. The molecule has 1 atom stereocenters. The monoisotopic (exact) mass is 426 g/mol. The zero-order valence-corrected chi connectivity index (χ0v) is 19.2. The average Bonchev–Trinajstić information content (AvgIpc) is 2.71. The minimum absolute atomic E-state index is 0.654. The summed E-state index contributed by atoms with van der Waals surface area (Å²) < 4.78 is 16.8. The number of benzene rings is 1. The summed E-state index contributed by atoms with van der Waals surface area (Å²) in [7, 11) is 0. The number of rotatable bonds is 5. The first kappa shape index (κ1) is 22.6. The number of ether oxygens (including phenoxy) is 1. The fraction of sp³-hybridized carbons (Fsp3) is 0.478. The van der Waals surface area contributed by atoms with Gasteiger partial charge in [0, 0.05) is 41.0 Å². The number of hydrogen-bond acceptors (Lipinski definition) is 6. The number of aryl methyl sites for hydroxylation is 1. The third-order valence-corrected chi connectivity index (χ3v) is 6.75. The van der Waals surface area contributed by atoms with Gasteiger partial charge in [0.2, 0.25) is 0 Å². The van der Waals surface area contributed by atoms with Crippen LogP contribution in [0.3, 0.4) is 0 Å². The Morgan fingerprint density at radius 1 is 1.40 bits per heavy atom. The summed E-state index contributed by atoms with van der Waals surface area (Å²) in [4.78, 5) is 7.30. The number of pyridine rings is 1. The lowest BCUT2D eigenvalue weighted by molar-refractivity contribution is 0.122. The van der Waals surface area contributed by atoms with Crippen molar-refractivity contribution in [3.05, 3.63) is 40.5 Å². The molecule has 2 heterocycles. The van der Waals surface area contributed by atoms with Gasteiger partial charge in [0.15, 0.2) is 4.75 Å². The van der Waals surface area contributed by atoms with Crippen molar-refractivity contribution in [1.29, 1.82) is 5.26 Å². The molecule has 7 heteroatoms. The Bertz CT molecular complexity index is 1020. The fourth-order valence-electron chi connectivity index (χ4n) is 3.99. The maximum atomic E-state index is 12.0. The first-order chi connectivity index (χ1) is 14.2. The van der Waals surface area contributed by atoms with E-state index in [0.29, 0.717) is 18.8 Å². The van der Waals surface area contributed by atoms with Gasteiger partial charge in [-0.25, -0.2) is 4.98 Å². The first-order valence-electron chi connectivity index (χ1n) is 10.3. The van der Waals surface area contributed by atoms with E-state index in [1.807, 2.05) is 39.8 Å². The summed E-state index contributed by atoms with van der Waals surface area (Å²) in [6.07, 6.45) is 2.67. The van der Waals surface area contributed by atoms with Gasteiger partial charge in [-0.1, -0.05) is 6.92 Å². The number of fused-ring (bicyclic) bond motifs is 1. The van der Waals surface area contributed by atoms with Gasteiger partial charge in [-0.2, -0.15) is 10.4 Å². The molecule has 2 aromatic rings. The van der Waals surface area contributed by atoms with Gasteiger partial charge in [-0.15, -0.1) is 0 Å². The van der Waals surface area contributed by atoms with Crippen molar-refractivity contribution in [3.63, 3.8) is 0 Å². The number of aromatic nitrogens is 1. The van der Waals surface area contributed by atoms with Crippen LogP contribution in [0.1, 0.15) is 49.9 Å². The van der Waals surface area contributed by atoms with Crippen LogP contribution in [-0.4, -0.2) is 40.6 Å². The third-order valence-electron chi connectivity index (χ3n) is 5.60. The number of nitrogens with two attached hydrogens (primary N) is 1. The molecular formula is C23H30N4O2S. The molecule has 1 aliphatic heterocycles. The Kier molecular flexibility index (Phi) is 6.73. The van der Waals surface area contributed by atoms with Crippen molar-refractivity contribution in [2.24, 2.45) is 5.14 Å². The summed E-state index contributed by atoms with van der Waals surface area (Å²) in [5.41, 5.74) is 5.40. The fourth-order valence-corrected chi connectivity index (χ4v) is 4.29. The highest BCUT2D eigenvalue weighted by atomic mass is 32.2. The highest BCUT2D eigenvalue weighted by molar-refractivity contribution is 7.90. The Hall–Kier alpha value is -2.11. The quantitative estimate of drug-likeness (QED) is 0.733. The number of allylic oxidation sites excluding steroid dienone is 1. The zero-order valence-electron chi connectivity index (χ0n) is 18.4. The standard InChI is InChI=1S/C23H30N4O2S/c1-6-17-20(14-24)19-12-15(2)11-18(16(3)13-23(4,5)30(25)28)21(19)26-22(17)27-7-9-29-10-8-27/h11-13H,6-10,25H2,1-5H3. The van der Waals surface area contributed by atoms with Crippen molar-refractivity contribution in [2.75, 3.05) is 31.2 Å². The van der Waals surface area contributed by atoms with Crippen molar-refractivity contribution < 1.29 is 9.29 Å². The van der Waals surface area contributed by atoms with Crippen LogP contribution in [0.4, 0.5) is 5.82 Å². The molecule has 0 spiro atoms. The lowest BCUT2D eigenvalue weighted by Gasteiger charge is -2.30. The van der Waals surface area contributed by atoms with Gasteiger partial charge in [0.05, 0.1) is 24.3 Å². The highest BCUT2D eigenvalue weighted by Gasteiger charge is 2.28. The van der Waals surface area contributed by atoms with Crippen LogP contribution in [0.15, 0.2) is 18.2 Å². The molecule has 1 fully saturated rings. The second-order valence-electron chi connectivity index (χ2n) is 8.29. The van der Waals surface area contributed by atoms with Crippen molar-refractivity contribution in [2.45, 2.75) is 45.8 Å². The third kappa shape index (κ3) is 4.33. The van der Waals surface area contributed by atoms with Crippen molar-refractivity contribution >= 4 is 33.7 Å². The van der Waals surface area contributed by atoms with Crippen LogP contribution in [0.2, 0.25) is 0 Å². The molecule has 6 nitrogen and oxygen atoms in total. The summed E-state index contributed by atoms with van der Waals surface area (Å²) >= 11 is -1.50. The largest absolute Gasteiger partial charge is 0.598 e. The molecule has 0 aliphatic carbocycles. The molecule has 0 amide bonds. The van der Waals surface area contributed by atoms with Crippen LogP contribution < -0.4 is 10.0 Å². The topological polar surface area (TPSA) is 98.2 Å². The number of hydrogen-bond donors (Lipinski definition) is 1. The molecule has 1 unspecified atom stereocenters. The lowest BCUT2D eigenvalue weighted by atomic mass is 9.93. The minimum Gasteiger partial charge on any atom is -0.598 e. The van der Waals surface area contributed by atoms with Gasteiger partial charge < -0.3 is 14.2 Å². The van der Waals surface area contributed by atoms with Gasteiger partial charge in [-0.05, 0) is 63.5 Å². The Balaban J connectivity index is 2.32. The molecular weight excluding hydrogens is 396 g/mol. The maximum Gasteiger partial charge on any atom is 0.157 e.